The Morgan fingerprint density at radius 3 is 2.48 bits per heavy atom. The minimum atomic E-state index is -0.508. The standard InChI is InChI=1S/C17H26N4O4/c1-12-10-15(18-11-14(12)21(23)24)20-8-6-13(7-9-20)19(5)16(22)25-17(2,3)4/h10-11,13H,6-9H2,1-5H3. The maximum atomic E-state index is 12.2. The largest absolute Gasteiger partial charge is 0.444 e. The van der Waals surface area contributed by atoms with Crippen LogP contribution in [0.5, 0.6) is 0 Å². The molecule has 25 heavy (non-hydrogen) atoms. The van der Waals surface area contributed by atoms with Gasteiger partial charge in [-0.05, 0) is 46.6 Å². The molecule has 0 bridgehead atoms. The zero-order valence-corrected chi connectivity index (χ0v) is 15.5. The van der Waals surface area contributed by atoms with E-state index in [0.717, 1.165) is 31.7 Å². The van der Waals surface area contributed by atoms with Crippen LogP contribution in [0, 0.1) is 17.0 Å². The molecular formula is C17H26N4O4. The summed E-state index contributed by atoms with van der Waals surface area (Å²) in [6.45, 7) is 8.74. The molecule has 0 spiro atoms. The molecule has 8 heteroatoms. The Kier molecular flexibility index (Phi) is 5.49. The van der Waals surface area contributed by atoms with Gasteiger partial charge in [-0.15, -0.1) is 0 Å². The van der Waals surface area contributed by atoms with Crippen LogP contribution in [0.3, 0.4) is 0 Å². The zero-order chi connectivity index (χ0) is 18.8. The molecular weight excluding hydrogens is 324 g/mol. The van der Waals surface area contributed by atoms with Gasteiger partial charge >= 0.3 is 6.09 Å². The Morgan fingerprint density at radius 2 is 2.00 bits per heavy atom. The molecule has 1 aromatic heterocycles. The highest BCUT2D eigenvalue weighted by molar-refractivity contribution is 5.68. The molecule has 0 unspecified atom stereocenters. The summed E-state index contributed by atoms with van der Waals surface area (Å²) in [6.07, 6.45) is 2.60. The molecule has 0 N–H and O–H groups in total. The molecule has 0 radical (unpaired) electrons. The van der Waals surface area contributed by atoms with Crippen LogP contribution in [0.15, 0.2) is 12.3 Å². The van der Waals surface area contributed by atoms with Crippen LogP contribution in [0.4, 0.5) is 16.3 Å². The molecule has 1 aliphatic rings. The van der Waals surface area contributed by atoms with Crippen molar-refractivity contribution >= 4 is 17.6 Å². The minimum absolute atomic E-state index is 0.0308. The quantitative estimate of drug-likeness (QED) is 0.614. The number of rotatable bonds is 3. The van der Waals surface area contributed by atoms with E-state index in [1.54, 1.807) is 24.9 Å². The zero-order valence-electron chi connectivity index (χ0n) is 15.5. The number of piperidine rings is 1. The Labute approximate surface area is 147 Å². The number of ether oxygens (including phenoxy) is 1. The van der Waals surface area contributed by atoms with Crippen molar-refractivity contribution < 1.29 is 14.5 Å². The van der Waals surface area contributed by atoms with E-state index in [2.05, 4.69) is 9.88 Å². The monoisotopic (exact) mass is 350 g/mol. The lowest BCUT2D eigenvalue weighted by atomic mass is 10.0. The van der Waals surface area contributed by atoms with Gasteiger partial charge in [0.25, 0.3) is 5.69 Å². The van der Waals surface area contributed by atoms with Crippen molar-refractivity contribution in [3.63, 3.8) is 0 Å². The normalized spacial score (nSPS) is 15.8. The second-order valence-corrected chi connectivity index (χ2v) is 7.40. The molecule has 1 aromatic rings. The molecule has 1 saturated heterocycles. The fourth-order valence-electron chi connectivity index (χ4n) is 2.86. The Balaban J connectivity index is 1.96. The summed E-state index contributed by atoms with van der Waals surface area (Å²) < 4.78 is 5.41. The van der Waals surface area contributed by atoms with E-state index in [4.69, 9.17) is 4.74 Å². The lowest BCUT2D eigenvalue weighted by Crippen LogP contribution is -2.47. The first-order valence-corrected chi connectivity index (χ1v) is 8.40. The Bertz CT molecular complexity index is 649. The number of hydrogen-bond donors (Lipinski definition) is 0. The average molecular weight is 350 g/mol. The number of pyridine rings is 1. The first-order chi connectivity index (χ1) is 11.6. The summed E-state index contributed by atoms with van der Waals surface area (Å²) in [5, 5.41) is 10.9. The van der Waals surface area contributed by atoms with E-state index in [1.165, 1.54) is 6.20 Å². The number of nitro groups is 1. The van der Waals surface area contributed by atoms with Crippen LogP contribution in [-0.4, -0.2) is 52.7 Å². The number of amides is 1. The van der Waals surface area contributed by atoms with Crippen LogP contribution < -0.4 is 4.90 Å². The molecule has 0 aliphatic carbocycles. The number of carbonyl (C=O) groups is 1. The van der Waals surface area contributed by atoms with Gasteiger partial charge in [0.05, 0.1) is 4.92 Å². The van der Waals surface area contributed by atoms with Gasteiger partial charge in [0.1, 0.15) is 17.6 Å². The van der Waals surface area contributed by atoms with Gasteiger partial charge in [0, 0.05) is 31.7 Å². The van der Waals surface area contributed by atoms with Gasteiger partial charge < -0.3 is 14.5 Å². The number of carbonyl (C=O) groups excluding carboxylic acids is 1. The van der Waals surface area contributed by atoms with Crippen LogP contribution in [-0.2, 0) is 4.74 Å². The molecule has 2 heterocycles. The summed E-state index contributed by atoms with van der Waals surface area (Å²) in [5.74, 6) is 0.737. The lowest BCUT2D eigenvalue weighted by molar-refractivity contribution is -0.385. The molecule has 138 valence electrons. The van der Waals surface area contributed by atoms with E-state index >= 15 is 0 Å². The van der Waals surface area contributed by atoms with E-state index in [9.17, 15) is 14.9 Å². The summed E-state index contributed by atoms with van der Waals surface area (Å²) in [6, 6.07) is 1.86. The van der Waals surface area contributed by atoms with Crippen molar-refractivity contribution in [2.45, 2.75) is 52.2 Å². The van der Waals surface area contributed by atoms with Crippen molar-refractivity contribution in [2.75, 3.05) is 25.0 Å². The molecule has 1 aliphatic heterocycles. The van der Waals surface area contributed by atoms with Crippen LogP contribution >= 0.6 is 0 Å². The third kappa shape index (κ3) is 4.80. The minimum Gasteiger partial charge on any atom is -0.444 e. The van der Waals surface area contributed by atoms with Gasteiger partial charge in [-0.1, -0.05) is 0 Å². The maximum absolute atomic E-state index is 12.2. The second kappa shape index (κ2) is 7.25. The van der Waals surface area contributed by atoms with Crippen molar-refractivity contribution in [3.05, 3.63) is 27.9 Å². The molecule has 8 nitrogen and oxygen atoms in total. The fraction of sp³-hybridized carbons (Fsp3) is 0.647. The predicted molar refractivity (Wildman–Crippen MR) is 94.9 cm³/mol. The first-order valence-electron chi connectivity index (χ1n) is 8.40. The van der Waals surface area contributed by atoms with Crippen molar-refractivity contribution in [3.8, 4) is 0 Å². The van der Waals surface area contributed by atoms with Crippen LogP contribution in [0.2, 0.25) is 0 Å². The Hall–Kier alpha value is -2.38. The van der Waals surface area contributed by atoms with Gasteiger partial charge in [-0.25, -0.2) is 9.78 Å². The number of hydrogen-bond acceptors (Lipinski definition) is 6. The molecule has 0 saturated carbocycles. The lowest BCUT2D eigenvalue weighted by Gasteiger charge is -2.37. The summed E-state index contributed by atoms with van der Waals surface area (Å²) in [4.78, 5) is 30.6. The molecule has 1 fully saturated rings. The number of nitrogens with zero attached hydrogens (tertiary/aromatic N) is 4. The van der Waals surface area contributed by atoms with Gasteiger partial charge in [0.15, 0.2) is 0 Å². The molecule has 1 amide bonds. The van der Waals surface area contributed by atoms with Crippen molar-refractivity contribution in [2.24, 2.45) is 0 Å². The van der Waals surface area contributed by atoms with Gasteiger partial charge in [0.2, 0.25) is 0 Å². The van der Waals surface area contributed by atoms with E-state index in [0.29, 0.717) is 5.56 Å². The highest BCUT2D eigenvalue weighted by atomic mass is 16.6. The van der Waals surface area contributed by atoms with E-state index in [-0.39, 0.29) is 17.8 Å². The van der Waals surface area contributed by atoms with Gasteiger partial charge in [-0.3, -0.25) is 10.1 Å². The predicted octanol–water partition coefficient (Wildman–Crippen LogP) is 3.13. The van der Waals surface area contributed by atoms with Crippen LogP contribution in [0.25, 0.3) is 0 Å². The highest BCUT2D eigenvalue weighted by Crippen LogP contribution is 2.25. The average Bonchev–Trinajstić information content (AvgIpc) is 2.52. The molecule has 2 rings (SSSR count). The first kappa shape index (κ1) is 19.0. The SMILES string of the molecule is Cc1cc(N2CCC(N(C)C(=O)OC(C)(C)C)CC2)ncc1[N+](=O)[O-]. The van der Waals surface area contributed by atoms with E-state index in [1.807, 2.05) is 20.8 Å². The highest BCUT2D eigenvalue weighted by Gasteiger charge is 2.29. The van der Waals surface area contributed by atoms with Crippen LogP contribution in [0.1, 0.15) is 39.2 Å². The number of anilines is 1. The van der Waals surface area contributed by atoms with E-state index < -0.39 is 10.5 Å². The topological polar surface area (TPSA) is 88.8 Å². The number of aromatic nitrogens is 1. The summed E-state index contributed by atoms with van der Waals surface area (Å²) >= 11 is 0. The van der Waals surface area contributed by atoms with Crippen molar-refractivity contribution in [1.29, 1.82) is 0 Å². The third-order valence-electron chi connectivity index (χ3n) is 4.28. The molecule has 0 atom stereocenters. The molecule has 0 aromatic carbocycles. The fourth-order valence-corrected chi connectivity index (χ4v) is 2.86. The summed E-state index contributed by atoms with van der Waals surface area (Å²) in [7, 11) is 1.77. The Morgan fingerprint density at radius 1 is 1.40 bits per heavy atom. The van der Waals surface area contributed by atoms with Gasteiger partial charge in [-0.2, -0.15) is 0 Å². The summed E-state index contributed by atoms with van der Waals surface area (Å²) in [5.41, 5.74) is 0.123. The smallest absolute Gasteiger partial charge is 0.410 e. The third-order valence-corrected chi connectivity index (χ3v) is 4.28. The number of aryl methyl sites for hydroxylation is 1. The second-order valence-electron chi connectivity index (χ2n) is 7.40. The maximum Gasteiger partial charge on any atom is 0.410 e. The van der Waals surface area contributed by atoms with Crippen molar-refractivity contribution in [1.82, 2.24) is 9.88 Å².